The van der Waals surface area contributed by atoms with E-state index >= 15 is 0 Å². The normalized spacial score (nSPS) is 13.9. The molecule has 1 aliphatic heterocycles. The third-order valence-electron chi connectivity index (χ3n) is 5.33. The topological polar surface area (TPSA) is 79.3 Å². The fourth-order valence-electron chi connectivity index (χ4n) is 3.70. The van der Waals surface area contributed by atoms with Crippen LogP contribution < -0.4 is 10.6 Å². The second-order valence-electron chi connectivity index (χ2n) is 7.50. The van der Waals surface area contributed by atoms with Gasteiger partial charge in [0.1, 0.15) is 5.82 Å². The molecule has 1 aromatic heterocycles. The molecule has 3 amide bonds. The van der Waals surface area contributed by atoms with Gasteiger partial charge in [0.25, 0.3) is 5.91 Å². The lowest BCUT2D eigenvalue weighted by atomic mass is 10.1. The van der Waals surface area contributed by atoms with Crippen LogP contribution in [0.4, 0.5) is 14.9 Å². The van der Waals surface area contributed by atoms with Crippen LogP contribution >= 0.6 is 15.9 Å². The van der Waals surface area contributed by atoms with Gasteiger partial charge in [0.05, 0.1) is 23.0 Å². The van der Waals surface area contributed by atoms with Crippen molar-refractivity contribution in [2.75, 3.05) is 25.0 Å². The Bertz CT molecular complexity index is 1110. The number of urea groups is 1. The van der Waals surface area contributed by atoms with E-state index in [1.165, 1.54) is 18.6 Å². The summed E-state index contributed by atoms with van der Waals surface area (Å²) < 4.78 is 16.3. The number of hydrogen-bond acceptors (Lipinski definition) is 3. The van der Waals surface area contributed by atoms with Gasteiger partial charge in [-0.3, -0.25) is 4.79 Å². The van der Waals surface area contributed by atoms with E-state index < -0.39 is 11.8 Å². The van der Waals surface area contributed by atoms with Gasteiger partial charge >= 0.3 is 6.03 Å². The predicted octanol–water partition coefficient (Wildman–Crippen LogP) is 4.39. The fourth-order valence-corrected chi connectivity index (χ4v) is 4.03. The molecule has 0 radical (unpaired) electrons. The van der Waals surface area contributed by atoms with Crippen LogP contribution in [-0.4, -0.2) is 46.0 Å². The average molecular weight is 488 g/mol. The van der Waals surface area contributed by atoms with Crippen LogP contribution in [0.3, 0.4) is 0 Å². The maximum absolute atomic E-state index is 13.8. The summed E-state index contributed by atoms with van der Waals surface area (Å²) in [5, 5.41) is 5.20. The highest BCUT2D eigenvalue weighted by atomic mass is 79.9. The summed E-state index contributed by atoms with van der Waals surface area (Å²) in [7, 11) is 0. The molecule has 9 heteroatoms. The molecule has 3 aromatic rings. The molecule has 0 aliphatic carbocycles. The van der Waals surface area contributed by atoms with Crippen LogP contribution in [0, 0.1) is 5.82 Å². The molecule has 0 saturated carbocycles. The first-order valence-electron chi connectivity index (χ1n) is 10.3. The number of halogens is 2. The van der Waals surface area contributed by atoms with Gasteiger partial charge in [-0.05, 0) is 55.7 Å². The Morgan fingerprint density at radius 3 is 2.68 bits per heavy atom. The van der Waals surface area contributed by atoms with Crippen molar-refractivity contribution >= 4 is 44.6 Å². The average Bonchev–Trinajstić information content (AvgIpc) is 3.18. The largest absolute Gasteiger partial charge is 0.339 e. The third kappa shape index (κ3) is 5.04. The number of aromatic nitrogens is 2. The van der Waals surface area contributed by atoms with E-state index in [0.717, 1.165) is 37.0 Å². The van der Waals surface area contributed by atoms with E-state index in [9.17, 15) is 14.0 Å². The van der Waals surface area contributed by atoms with Gasteiger partial charge in [-0.1, -0.05) is 15.9 Å². The molecule has 7 nitrogen and oxygen atoms in total. The van der Waals surface area contributed by atoms with Crippen molar-refractivity contribution < 1.29 is 14.0 Å². The van der Waals surface area contributed by atoms with E-state index in [-0.39, 0.29) is 11.6 Å². The molecule has 162 valence electrons. The Morgan fingerprint density at radius 2 is 1.90 bits per heavy atom. The van der Waals surface area contributed by atoms with Crippen LogP contribution in [0.15, 0.2) is 47.2 Å². The van der Waals surface area contributed by atoms with Crippen molar-refractivity contribution in [1.82, 2.24) is 19.8 Å². The van der Waals surface area contributed by atoms with Crippen molar-refractivity contribution in [3.8, 4) is 0 Å². The number of likely N-dealkylation sites (tertiary alicyclic amines) is 1. The summed E-state index contributed by atoms with van der Waals surface area (Å²) in [5.74, 6) is -0.463. The van der Waals surface area contributed by atoms with Crippen molar-refractivity contribution in [3.05, 3.63) is 58.6 Å². The standard InChI is InChI=1S/C22H23BrFN5O2/c23-16-5-6-18(17(24)13-16)27-22(31)25-8-11-29-14-26-19-12-15(4-7-20(19)29)21(30)28-9-2-1-3-10-28/h4-7,12-14H,1-3,8-11H2,(H2,25,27,31). The molecule has 31 heavy (non-hydrogen) atoms. The van der Waals surface area contributed by atoms with Gasteiger partial charge in [0.15, 0.2) is 0 Å². The smallest absolute Gasteiger partial charge is 0.319 e. The van der Waals surface area contributed by atoms with Crippen molar-refractivity contribution in [2.45, 2.75) is 25.8 Å². The first kappa shape index (κ1) is 21.3. The summed E-state index contributed by atoms with van der Waals surface area (Å²) in [6, 6.07) is 9.48. The molecule has 0 atom stereocenters. The van der Waals surface area contributed by atoms with Crippen LogP contribution in [0.2, 0.25) is 0 Å². The van der Waals surface area contributed by atoms with Crippen molar-refractivity contribution in [2.24, 2.45) is 0 Å². The molecule has 1 saturated heterocycles. The molecule has 1 fully saturated rings. The number of benzene rings is 2. The molecule has 1 aliphatic rings. The number of carbonyl (C=O) groups excluding carboxylic acids is 2. The molecule has 0 spiro atoms. The molecular formula is C22H23BrFN5O2. The monoisotopic (exact) mass is 487 g/mol. The highest BCUT2D eigenvalue weighted by Gasteiger charge is 2.19. The Morgan fingerprint density at radius 1 is 1.10 bits per heavy atom. The quantitative estimate of drug-likeness (QED) is 0.560. The summed E-state index contributed by atoms with van der Waals surface area (Å²) in [6.45, 7) is 2.45. The molecule has 0 unspecified atom stereocenters. The summed E-state index contributed by atoms with van der Waals surface area (Å²) >= 11 is 3.18. The Hall–Kier alpha value is -2.94. The van der Waals surface area contributed by atoms with E-state index in [2.05, 4.69) is 31.5 Å². The number of carbonyl (C=O) groups is 2. The number of fused-ring (bicyclic) bond motifs is 1. The van der Waals surface area contributed by atoms with Gasteiger partial charge in [0.2, 0.25) is 0 Å². The van der Waals surface area contributed by atoms with Crippen LogP contribution in [0.5, 0.6) is 0 Å². The Labute approximate surface area is 187 Å². The third-order valence-corrected chi connectivity index (χ3v) is 5.82. The molecular weight excluding hydrogens is 465 g/mol. The Kier molecular flexibility index (Phi) is 6.50. The molecule has 2 aromatic carbocycles. The molecule has 2 heterocycles. The maximum Gasteiger partial charge on any atom is 0.319 e. The first-order chi connectivity index (χ1) is 15.0. The van der Waals surface area contributed by atoms with Crippen LogP contribution in [-0.2, 0) is 6.54 Å². The number of piperidine rings is 1. The Balaban J connectivity index is 1.34. The highest BCUT2D eigenvalue weighted by Crippen LogP contribution is 2.20. The highest BCUT2D eigenvalue weighted by molar-refractivity contribution is 9.10. The SMILES string of the molecule is O=C(NCCn1cnc2cc(C(=O)N3CCCCC3)ccc21)Nc1ccc(Br)cc1F. The van der Waals surface area contributed by atoms with E-state index in [1.54, 1.807) is 12.4 Å². The first-order valence-corrected chi connectivity index (χ1v) is 11.0. The van der Waals surface area contributed by atoms with Crippen LogP contribution in [0.25, 0.3) is 11.0 Å². The maximum atomic E-state index is 13.8. The van der Waals surface area contributed by atoms with Gasteiger partial charge < -0.3 is 20.1 Å². The second kappa shape index (κ2) is 9.47. The zero-order valence-corrected chi connectivity index (χ0v) is 18.5. The van der Waals surface area contributed by atoms with Crippen molar-refractivity contribution in [3.63, 3.8) is 0 Å². The lowest BCUT2D eigenvalue weighted by Crippen LogP contribution is -2.35. The van der Waals surface area contributed by atoms with E-state index in [4.69, 9.17) is 0 Å². The predicted molar refractivity (Wildman–Crippen MR) is 121 cm³/mol. The lowest BCUT2D eigenvalue weighted by Gasteiger charge is -2.26. The molecule has 0 bridgehead atoms. The number of rotatable bonds is 5. The number of amides is 3. The van der Waals surface area contributed by atoms with Crippen molar-refractivity contribution in [1.29, 1.82) is 0 Å². The van der Waals surface area contributed by atoms with Gasteiger partial charge in [-0.15, -0.1) is 0 Å². The number of anilines is 1. The lowest BCUT2D eigenvalue weighted by molar-refractivity contribution is 0.0724. The zero-order valence-electron chi connectivity index (χ0n) is 16.9. The number of imidazole rings is 1. The number of hydrogen-bond donors (Lipinski definition) is 2. The minimum atomic E-state index is -0.514. The minimum absolute atomic E-state index is 0.0506. The van der Waals surface area contributed by atoms with E-state index in [0.29, 0.717) is 23.1 Å². The zero-order chi connectivity index (χ0) is 21.8. The van der Waals surface area contributed by atoms with Crippen LogP contribution in [0.1, 0.15) is 29.6 Å². The van der Waals surface area contributed by atoms with E-state index in [1.807, 2.05) is 27.7 Å². The number of nitrogens with zero attached hydrogens (tertiary/aromatic N) is 3. The second-order valence-corrected chi connectivity index (χ2v) is 8.42. The number of nitrogens with one attached hydrogen (secondary N) is 2. The van der Waals surface area contributed by atoms with Gasteiger partial charge in [-0.2, -0.15) is 0 Å². The molecule has 4 rings (SSSR count). The minimum Gasteiger partial charge on any atom is -0.339 e. The summed E-state index contributed by atoms with van der Waals surface area (Å²) in [6.07, 6.45) is 4.97. The van der Waals surface area contributed by atoms with Gasteiger partial charge in [0, 0.05) is 36.2 Å². The fraction of sp³-hybridized carbons (Fsp3) is 0.318. The van der Waals surface area contributed by atoms with Gasteiger partial charge in [-0.25, -0.2) is 14.2 Å². The summed E-state index contributed by atoms with van der Waals surface area (Å²) in [4.78, 5) is 31.0. The summed E-state index contributed by atoms with van der Waals surface area (Å²) in [5.41, 5.74) is 2.38. The molecule has 2 N–H and O–H groups in total.